The van der Waals surface area contributed by atoms with Crippen molar-refractivity contribution in [1.82, 2.24) is 15.3 Å². The number of hydrogen-bond donors (Lipinski definition) is 2. The number of hydrogen-bond acceptors (Lipinski definition) is 6. The summed E-state index contributed by atoms with van der Waals surface area (Å²) in [5, 5.41) is 2.85. The molecule has 1 aliphatic rings. The standard InChI is InChI=1S/C16H18N4O3S/c1-16(5-6-24(22,23)10-16)20-14(21)12-4-2-3-11(7-12)13-8-18-15(17)19-9-13/h2-4,7-9H,5-6,10H2,1H3,(H,20,21)(H2,17,18,19)/t16-/m1/s1. The first-order chi connectivity index (χ1) is 11.3. The Hall–Kier alpha value is -2.48. The van der Waals surface area contributed by atoms with Crippen molar-refractivity contribution in [1.29, 1.82) is 0 Å². The van der Waals surface area contributed by atoms with Crippen LogP contribution in [0, 0.1) is 0 Å². The van der Waals surface area contributed by atoms with E-state index in [2.05, 4.69) is 15.3 Å². The molecule has 0 bridgehead atoms. The molecule has 2 heterocycles. The maximum Gasteiger partial charge on any atom is 0.251 e. The molecule has 2 aromatic rings. The van der Waals surface area contributed by atoms with E-state index in [1.165, 1.54) is 0 Å². The summed E-state index contributed by atoms with van der Waals surface area (Å²) >= 11 is 0. The number of benzene rings is 1. The molecule has 0 saturated carbocycles. The summed E-state index contributed by atoms with van der Waals surface area (Å²) in [5.74, 6) is -0.0417. The number of carbonyl (C=O) groups excluding carboxylic acids is 1. The van der Waals surface area contributed by atoms with E-state index in [0.29, 0.717) is 12.0 Å². The first-order valence-corrected chi connectivity index (χ1v) is 9.29. The number of amides is 1. The zero-order chi connectivity index (χ0) is 17.4. The minimum Gasteiger partial charge on any atom is -0.368 e. The molecule has 1 aliphatic heterocycles. The molecular weight excluding hydrogens is 328 g/mol. The van der Waals surface area contributed by atoms with E-state index >= 15 is 0 Å². The molecule has 3 rings (SSSR count). The summed E-state index contributed by atoms with van der Waals surface area (Å²) < 4.78 is 23.3. The van der Waals surface area contributed by atoms with Gasteiger partial charge in [-0.1, -0.05) is 12.1 Å². The van der Waals surface area contributed by atoms with Crippen LogP contribution in [0.1, 0.15) is 23.7 Å². The lowest BCUT2D eigenvalue weighted by molar-refractivity contribution is 0.0915. The zero-order valence-corrected chi connectivity index (χ0v) is 14.0. The van der Waals surface area contributed by atoms with E-state index in [4.69, 9.17) is 5.73 Å². The van der Waals surface area contributed by atoms with Gasteiger partial charge in [-0.05, 0) is 31.0 Å². The van der Waals surface area contributed by atoms with Gasteiger partial charge in [0.25, 0.3) is 5.91 Å². The summed E-state index contributed by atoms with van der Waals surface area (Å²) in [7, 11) is -3.08. The highest BCUT2D eigenvalue weighted by molar-refractivity contribution is 7.91. The van der Waals surface area contributed by atoms with Crippen LogP contribution in [0.3, 0.4) is 0 Å². The second kappa shape index (κ2) is 5.86. The highest BCUT2D eigenvalue weighted by atomic mass is 32.2. The number of nitrogen functional groups attached to an aromatic ring is 1. The van der Waals surface area contributed by atoms with Gasteiger partial charge in [0, 0.05) is 23.5 Å². The molecule has 1 aromatic carbocycles. The molecule has 0 aliphatic carbocycles. The Morgan fingerprint density at radius 2 is 1.96 bits per heavy atom. The molecule has 0 unspecified atom stereocenters. The van der Waals surface area contributed by atoms with Crippen molar-refractivity contribution in [3.05, 3.63) is 42.2 Å². The fourth-order valence-corrected chi connectivity index (χ4v) is 4.88. The van der Waals surface area contributed by atoms with Crippen LogP contribution < -0.4 is 11.1 Å². The normalized spacial score (nSPS) is 22.2. The van der Waals surface area contributed by atoms with Crippen molar-refractivity contribution in [2.24, 2.45) is 0 Å². The summed E-state index contributed by atoms with van der Waals surface area (Å²) in [6.45, 7) is 1.76. The maximum absolute atomic E-state index is 12.5. The van der Waals surface area contributed by atoms with Crippen molar-refractivity contribution >= 4 is 21.7 Å². The SMILES string of the molecule is C[C@@]1(NC(=O)c2cccc(-c3cnc(N)nc3)c2)CCS(=O)(=O)C1. The van der Waals surface area contributed by atoms with Crippen LogP contribution in [0.5, 0.6) is 0 Å². The molecule has 1 aromatic heterocycles. The molecule has 8 heteroatoms. The average molecular weight is 346 g/mol. The Balaban J connectivity index is 1.81. The number of anilines is 1. The van der Waals surface area contributed by atoms with E-state index < -0.39 is 15.4 Å². The van der Waals surface area contributed by atoms with Crippen LogP contribution >= 0.6 is 0 Å². The molecule has 7 nitrogen and oxygen atoms in total. The second-order valence-electron chi connectivity index (χ2n) is 6.27. The molecule has 3 N–H and O–H groups in total. The Kier molecular flexibility index (Phi) is 4.00. The van der Waals surface area contributed by atoms with E-state index in [0.717, 1.165) is 11.1 Å². The number of nitrogens with zero attached hydrogens (tertiary/aromatic N) is 2. The average Bonchev–Trinajstić information content (AvgIpc) is 2.81. The van der Waals surface area contributed by atoms with E-state index in [1.807, 2.05) is 6.07 Å². The fraction of sp³-hybridized carbons (Fsp3) is 0.312. The third-order valence-corrected chi connectivity index (χ3v) is 5.95. The number of carbonyl (C=O) groups is 1. The largest absolute Gasteiger partial charge is 0.368 e. The maximum atomic E-state index is 12.5. The van der Waals surface area contributed by atoms with Crippen LogP contribution in [-0.4, -0.2) is 41.3 Å². The van der Waals surface area contributed by atoms with Gasteiger partial charge in [-0.15, -0.1) is 0 Å². The second-order valence-corrected chi connectivity index (χ2v) is 8.45. The molecule has 0 radical (unpaired) electrons. The lowest BCUT2D eigenvalue weighted by Gasteiger charge is -2.24. The lowest BCUT2D eigenvalue weighted by Crippen LogP contribution is -2.46. The van der Waals surface area contributed by atoms with Gasteiger partial charge >= 0.3 is 0 Å². The number of nitrogens with two attached hydrogens (primary N) is 1. The molecule has 1 saturated heterocycles. The molecule has 0 spiro atoms. The van der Waals surface area contributed by atoms with Crippen LogP contribution in [0.2, 0.25) is 0 Å². The van der Waals surface area contributed by atoms with Crippen molar-refractivity contribution in [2.45, 2.75) is 18.9 Å². The van der Waals surface area contributed by atoms with Crippen molar-refractivity contribution in [3.8, 4) is 11.1 Å². The minimum absolute atomic E-state index is 0.0305. The van der Waals surface area contributed by atoms with Crippen LogP contribution in [0.4, 0.5) is 5.95 Å². The third kappa shape index (κ3) is 3.53. The first-order valence-electron chi connectivity index (χ1n) is 7.47. The number of aromatic nitrogens is 2. The van der Waals surface area contributed by atoms with Gasteiger partial charge in [0.05, 0.1) is 17.0 Å². The first kappa shape index (κ1) is 16.4. The summed E-state index contributed by atoms with van der Waals surface area (Å²) in [6.07, 6.45) is 3.60. The van der Waals surface area contributed by atoms with Crippen LogP contribution in [0.15, 0.2) is 36.7 Å². The summed E-state index contributed by atoms with van der Waals surface area (Å²) in [4.78, 5) is 20.4. The Morgan fingerprint density at radius 3 is 2.58 bits per heavy atom. The van der Waals surface area contributed by atoms with Gasteiger partial charge in [0.15, 0.2) is 9.84 Å². The molecule has 24 heavy (non-hydrogen) atoms. The monoisotopic (exact) mass is 346 g/mol. The Morgan fingerprint density at radius 1 is 1.25 bits per heavy atom. The highest BCUT2D eigenvalue weighted by Crippen LogP contribution is 2.24. The number of nitrogens with one attached hydrogen (secondary N) is 1. The number of rotatable bonds is 3. The quantitative estimate of drug-likeness (QED) is 0.858. The predicted octanol–water partition coefficient (Wildman–Crippen LogP) is 1.03. The van der Waals surface area contributed by atoms with Crippen molar-refractivity contribution < 1.29 is 13.2 Å². The summed E-state index contributed by atoms with van der Waals surface area (Å²) in [6, 6.07) is 7.00. The van der Waals surface area contributed by atoms with Gasteiger partial charge < -0.3 is 11.1 Å². The molecular formula is C16H18N4O3S. The van der Waals surface area contributed by atoms with E-state index in [9.17, 15) is 13.2 Å². The van der Waals surface area contributed by atoms with Crippen LogP contribution in [0.25, 0.3) is 11.1 Å². The van der Waals surface area contributed by atoms with Crippen molar-refractivity contribution in [3.63, 3.8) is 0 Å². The van der Waals surface area contributed by atoms with E-state index in [-0.39, 0.29) is 23.4 Å². The lowest BCUT2D eigenvalue weighted by atomic mass is 10.0. The molecule has 1 atom stereocenters. The Bertz CT molecular complexity index is 880. The van der Waals surface area contributed by atoms with Gasteiger partial charge in [-0.2, -0.15) is 0 Å². The van der Waals surface area contributed by atoms with Gasteiger partial charge in [0.1, 0.15) is 0 Å². The molecule has 1 amide bonds. The van der Waals surface area contributed by atoms with Gasteiger partial charge in [-0.3, -0.25) is 4.79 Å². The Labute approximate surface area is 140 Å². The summed E-state index contributed by atoms with van der Waals surface area (Å²) in [5.41, 5.74) is 6.73. The van der Waals surface area contributed by atoms with Crippen molar-refractivity contribution in [2.75, 3.05) is 17.2 Å². The zero-order valence-electron chi connectivity index (χ0n) is 13.2. The fourth-order valence-electron chi connectivity index (χ4n) is 2.78. The minimum atomic E-state index is -3.08. The molecule has 1 fully saturated rings. The smallest absolute Gasteiger partial charge is 0.251 e. The molecule has 126 valence electrons. The predicted molar refractivity (Wildman–Crippen MR) is 91.0 cm³/mol. The topological polar surface area (TPSA) is 115 Å². The third-order valence-electron chi connectivity index (χ3n) is 4.05. The number of sulfone groups is 1. The highest BCUT2D eigenvalue weighted by Gasteiger charge is 2.39. The van der Waals surface area contributed by atoms with Crippen LogP contribution in [-0.2, 0) is 9.84 Å². The van der Waals surface area contributed by atoms with Gasteiger partial charge in [-0.25, -0.2) is 18.4 Å². The van der Waals surface area contributed by atoms with Gasteiger partial charge in [0.2, 0.25) is 5.95 Å². The van der Waals surface area contributed by atoms with E-state index in [1.54, 1.807) is 37.5 Å².